The van der Waals surface area contributed by atoms with Crippen LogP contribution in [-0.4, -0.2) is 19.1 Å². The van der Waals surface area contributed by atoms with E-state index in [-0.39, 0.29) is 18.9 Å². The van der Waals surface area contributed by atoms with Crippen LogP contribution in [0, 0.1) is 25.2 Å². The summed E-state index contributed by atoms with van der Waals surface area (Å²) in [6.07, 6.45) is 0.282. The molecular weight excluding hydrogens is 288 g/mol. The summed E-state index contributed by atoms with van der Waals surface area (Å²) in [5.74, 6) is 0.494. The molecule has 2 aromatic rings. The van der Waals surface area contributed by atoms with Crippen LogP contribution in [0.25, 0.3) is 0 Å². The van der Waals surface area contributed by atoms with Crippen LogP contribution in [0.15, 0.2) is 48.5 Å². The number of benzene rings is 2. The highest BCUT2D eigenvalue weighted by atomic mass is 16.5. The lowest BCUT2D eigenvalue weighted by molar-refractivity contribution is -0.120. The maximum absolute atomic E-state index is 12.5. The van der Waals surface area contributed by atoms with Crippen LogP contribution < -0.4 is 9.64 Å². The van der Waals surface area contributed by atoms with Crippen molar-refractivity contribution in [1.82, 2.24) is 0 Å². The van der Waals surface area contributed by atoms with Gasteiger partial charge in [0.2, 0.25) is 0 Å². The number of ether oxygens (including phenoxy) is 1. The number of amides is 1. The van der Waals surface area contributed by atoms with E-state index in [2.05, 4.69) is 6.07 Å². The Morgan fingerprint density at radius 3 is 2.52 bits per heavy atom. The molecular formula is C19H20N2O2. The molecule has 0 saturated carbocycles. The largest absolute Gasteiger partial charge is 0.484 e. The van der Waals surface area contributed by atoms with E-state index in [0.29, 0.717) is 12.3 Å². The Morgan fingerprint density at radius 1 is 1.13 bits per heavy atom. The molecule has 0 aliphatic heterocycles. The highest BCUT2D eigenvalue weighted by Crippen LogP contribution is 2.20. The fourth-order valence-electron chi connectivity index (χ4n) is 2.19. The third kappa shape index (κ3) is 4.58. The molecule has 0 fully saturated rings. The second-order valence-corrected chi connectivity index (χ2v) is 5.32. The average molecular weight is 308 g/mol. The van der Waals surface area contributed by atoms with Gasteiger partial charge in [0.05, 0.1) is 12.5 Å². The number of carbonyl (C=O) groups excluding carboxylic acids is 1. The predicted molar refractivity (Wildman–Crippen MR) is 90.4 cm³/mol. The van der Waals surface area contributed by atoms with Gasteiger partial charge in [0.25, 0.3) is 5.91 Å². The maximum Gasteiger partial charge on any atom is 0.264 e. The summed E-state index contributed by atoms with van der Waals surface area (Å²) in [4.78, 5) is 14.1. The fraction of sp³-hybridized carbons (Fsp3) is 0.263. The Morgan fingerprint density at radius 2 is 1.87 bits per heavy atom. The van der Waals surface area contributed by atoms with Gasteiger partial charge < -0.3 is 9.64 Å². The molecule has 2 aromatic carbocycles. The zero-order valence-corrected chi connectivity index (χ0v) is 13.5. The van der Waals surface area contributed by atoms with Crippen LogP contribution in [0.5, 0.6) is 5.75 Å². The van der Waals surface area contributed by atoms with Gasteiger partial charge in [-0.3, -0.25) is 4.79 Å². The number of carbonyl (C=O) groups is 1. The monoisotopic (exact) mass is 308 g/mol. The van der Waals surface area contributed by atoms with Crippen molar-refractivity contribution in [3.63, 3.8) is 0 Å². The lowest BCUT2D eigenvalue weighted by Crippen LogP contribution is -2.35. The van der Waals surface area contributed by atoms with Crippen LogP contribution in [0.1, 0.15) is 17.5 Å². The van der Waals surface area contributed by atoms with Crippen molar-refractivity contribution in [3.05, 3.63) is 59.7 Å². The predicted octanol–water partition coefficient (Wildman–Crippen LogP) is 3.63. The van der Waals surface area contributed by atoms with Crippen LogP contribution in [0.4, 0.5) is 5.69 Å². The zero-order valence-electron chi connectivity index (χ0n) is 13.5. The fourth-order valence-corrected chi connectivity index (χ4v) is 2.19. The molecule has 0 spiro atoms. The van der Waals surface area contributed by atoms with Crippen molar-refractivity contribution in [1.29, 1.82) is 5.26 Å². The van der Waals surface area contributed by atoms with Crippen molar-refractivity contribution >= 4 is 11.6 Å². The molecule has 118 valence electrons. The van der Waals surface area contributed by atoms with Crippen molar-refractivity contribution < 1.29 is 9.53 Å². The number of para-hydroxylation sites is 1. The maximum atomic E-state index is 12.5. The van der Waals surface area contributed by atoms with Crippen molar-refractivity contribution in [2.75, 3.05) is 18.1 Å². The molecule has 0 saturated heterocycles. The lowest BCUT2D eigenvalue weighted by atomic mass is 10.1. The third-order valence-electron chi connectivity index (χ3n) is 3.66. The van der Waals surface area contributed by atoms with Crippen LogP contribution in [-0.2, 0) is 4.79 Å². The van der Waals surface area contributed by atoms with Gasteiger partial charge in [-0.05, 0) is 49.2 Å². The number of anilines is 1. The average Bonchev–Trinajstić information content (AvgIpc) is 2.57. The lowest BCUT2D eigenvalue weighted by Gasteiger charge is -2.22. The second-order valence-electron chi connectivity index (χ2n) is 5.32. The molecule has 0 radical (unpaired) electrons. The summed E-state index contributed by atoms with van der Waals surface area (Å²) in [7, 11) is 0. The molecule has 23 heavy (non-hydrogen) atoms. The normalized spacial score (nSPS) is 9.96. The van der Waals surface area contributed by atoms with E-state index in [1.165, 1.54) is 5.56 Å². The van der Waals surface area contributed by atoms with E-state index in [1.807, 2.05) is 62.4 Å². The van der Waals surface area contributed by atoms with Crippen LogP contribution in [0.3, 0.4) is 0 Å². The van der Waals surface area contributed by atoms with Gasteiger partial charge in [0, 0.05) is 12.2 Å². The molecule has 1 amide bonds. The molecule has 0 N–H and O–H groups in total. The van der Waals surface area contributed by atoms with Crippen molar-refractivity contribution in [2.24, 2.45) is 0 Å². The Hall–Kier alpha value is -2.80. The first-order chi connectivity index (χ1) is 11.1. The molecule has 0 bridgehead atoms. The van der Waals surface area contributed by atoms with Gasteiger partial charge in [-0.15, -0.1) is 0 Å². The molecule has 4 heteroatoms. The molecule has 0 aromatic heterocycles. The molecule has 0 aliphatic carbocycles. The smallest absolute Gasteiger partial charge is 0.264 e. The number of aryl methyl sites for hydroxylation is 2. The minimum absolute atomic E-state index is 0.0532. The van der Waals surface area contributed by atoms with Crippen molar-refractivity contribution in [2.45, 2.75) is 20.3 Å². The first-order valence-corrected chi connectivity index (χ1v) is 7.54. The standard InChI is InChI=1S/C19H20N2O2/c1-15-9-10-17(13-16(15)2)21(12-6-11-20)19(22)14-23-18-7-4-3-5-8-18/h3-5,7-10,13H,6,12,14H2,1-2H3. The quantitative estimate of drug-likeness (QED) is 0.819. The van der Waals surface area contributed by atoms with Gasteiger partial charge in [0.15, 0.2) is 6.61 Å². The second kappa shape index (κ2) is 8.00. The van der Waals surface area contributed by atoms with E-state index in [4.69, 9.17) is 10.00 Å². The summed E-state index contributed by atoms with van der Waals surface area (Å²) >= 11 is 0. The highest BCUT2D eigenvalue weighted by Gasteiger charge is 2.16. The minimum atomic E-state index is -0.160. The number of hydrogen-bond acceptors (Lipinski definition) is 3. The number of nitrogens with zero attached hydrogens (tertiary/aromatic N) is 2. The van der Waals surface area contributed by atoms with Gasteiger partial charge in [-0.25, -0.2) is 0 Å². The summed E-state index contributed by atoms with van der Waals surface area (Å²) < 4.78 is 5.53. The Kier molecular flexibility index (Phi) is 5.76. The molecule has 0 aliphatic rings. The Labute approximate surface area is 136 Å². The highest BCUT2D eigenvalue weighted by molar-refractivity contribution is 5.94. The van der Waals surface area contributed by atoms with Gasteiger partial charge in [-0.2, -0.15) is 5.26 Å². The van der Waals surface area contributed by atoms with E-state index in [9.17, 15) is 4.79 Å². The first-order valence-electron chi connectivity index (χ1n) is 7.54. The Balaban J connectivity index is 2.12. The molecule has 4 nitrogen and oxygen atoms in total. The zero-order chi connectivity index (χ0) is 16.7. The van der Waals surface area contributed by atoms with E-state index in [0.717, 1.165) is 11.3 Å². The molecule has 0 atom stereocenters. The van der Waals surface area contributed by atoms with Crippen molar-refractivity contribution in [3.8, 4) is 11.8 Å². The summed E-state index contributed by atoms with van der Waals surface area (Å²) in [5.41, 5.74) is 3.08. The third-order valence-corrected chi connectivity index (χ3v) is 3.66. The van der Waals surface area contributed by atoms with E-state index in [1.54, 1.807) is 4.90 Å². The SMILES string of the molecule is Cc1ccc(N(CCC#N)C(=O)COc2ccccc2)cc1C. The Bertz CT molecular complexity index is 705. The topological polar surface area (TPSA) is 53.3 Å². The number of hydrogen-bond donors (Lipinski definition) is 0. The van der Waals surface area contributed by atoms with E-state index < -0.39 is 0 Å². The minimum Gasteiger partial charge on any atom is -0.484 e. The van der Waals surface area contributed by atoms with Gasteiger partial charge >= 0.3 is 0 Å². The van der Waals surface area contributed by atoms with Gasteiger partial charge in [0.1, 0.15) is 5.75 Å². The molecule has 2 rings (SSSR count). The number of rotatable bonds is 6. The van der Waals surface area contributed by atoms with Crippen LogP contribution in [0.2, 0.25) is 0 Å². The molecule has 0 unspecified atom stereocenters. The molecule has 0 heterocycles. The van der Waals surface area contributed by atoms with E-state index >= 15 is 0 Å². The first kappa shape index (κ1) is 16.6. The number of nitriles is 1. The van der Waals surface area contributed by atoms with Gasteiger partial charge in [-0.1, -0.05) is 24.3 Å². The van der Waals surface area contributed by atoms with Crippen LogP contribution >= 0.6 is 0 Å². The summed E-state index contributed by atoms with van der Waals surface area (Å²) in [6, 6.07) is 17.2. The summed E-state index contributed by atoms with van der Waals surface area (Å²) in [6.45, 7) is 4.34. The summed E-state index contributed by atoms with van der Waals surface area (Å²) in [5, 5.41) is 8.83.